The average Bonchev–Trinajstić information content (AvgIpc) is 2.39. The molecule has 0 spiro atoms. The lowest BCUT2D eigenvalue weighted by Gasteiger charge is -2.14. The van der Waals surface area contributed by atoms with Crippen molar-refractivity contribution in [1.29, 1.82) is 0 Å². The number of hydrogen-bond acceptors (Lipinski definition) is 2. The zero-order valence-electron chi connectivity index (χ0n) is 11.1. The van der Waals surface area contributed by atoms with E-state index in [-0.39, 0.29) is 0 Å². The molecular formula is C15H24OS. The van der Waals surface area contributed by atoms with E-state index in [0.29, 0.717) is 11.8 Å². The van der Waals surface area contributed by atoms with Gasteiger partial charge in [0.2, 0.25) is 0 Å². The summed E-state index contributed by atoms with van der Waals surface area (Å²) in [4.78, 5) is 0. The minimum Gasteiger partial charge on any atom is -0.493 e. The van der Waals surface area contributed by atoms with Crippen molar-refractivity contribution >= 4 is 12.6 Å². The standard InChI is InChI=1S/C15H24OS/c1-4-12(3)14-6-8-15(9-7-14)16-10-13(5-2)11-17/h6-9,12-13,17H,4-5,10-11H2,1-3H3. The van der Waals surface area contributed by atoms with Crippen LogP contribution in [-0.4, -0.2) is 12.4 Å². The van der Waals surface area contributed by atoms with Crippen LogP contribution in [0.1, 0.15) is 45.1 Å². The lowest BCUT2D eigenvalue weighted by molar-refractivity contribution is 0.259. The first-order valence-corrected chi connectivity index (χ1v) is 7.18. The van der Waals surface area contributed by atoms with Crippen LogP contribution < -0.4 is 4.74 Å². The third kappa shape index (κ3) is 4.63. The number of rotatable bonds is 7. The van der Waals surface area contributed by atoms with Gasteiger partial charge in [0.05, 0.1) is 6.61 Å². The maximum Gasteiger partial charge on any atom is 0.119 e. The Hall–Kier alpha value is -0.630. The molecule has 0 fully saturated rings. The van der Waals surface area contributed by atoms with E-state index in [1.54, 1.807) is 0 Å². The van der Waals surface area contributed by atoms with Gasteiger partial charge in [0.15, 0.2) is 0 Å². The van der Waals surface area contributed by atoms with Crippen LogP contribution in [0.5, 0.6) is 5.75 Å². The fourth-order valence-corrected chi connectivity index (χ4v) is 2.01. The van der Waals surface area contributed by atoms with Gasteiger partial charge in [-0.15, -0.1) is 0 Å². The van der Waals surface area contributed by atoms with Crippen LogP contribution in [0.15, 0.2) is 24.3 Å². The van der Waals surface area contributed by atoms with Gasteiger partial charge in [-0.2, -0.15) is 12.6 Å². The van der Waals surface area contributed by atoms with Crippen molar-refractivity contribution in [3.8, 4) is 5.75 Å². The highest BCUT2D eigenvalue weighted by Gasteiger charge is 2.06. The molecule has 2 heteroatoms. The van der Waals surface area contributed by atoms with Crippen LogP contribution in [0, 0.1) is 5.92 Å². The Morgan fingerprint density at radius 2 is 1.76 bits per heavy atom. The van der Waals surface area contributed by atoms with E-state index in [9.17, 15) is 0 Å². The topological polar surface area (TPSA) is 9.23 Å². The van der Waals surface area contributed by atoms with Gasteiger partial charge < -0.3 is 4.74 Å². The Kier molecular flexibility index (Phi) is 6.49. The first-order chi connectivity index (χ1) is 8.21. The average molecular weight is 252 g/mol. The summed E-state index contributed by atoms with van der Waals surface area (Å²) >= 11 is 4.32. The van der Waals surface area contributed by atoms with E-state index < -0.39 is 0 Å². The number of thiol groups is 1. The largest absolute Gasteiger partial charge is 0.493 e. The molecule has 0 radical (unpaired) electrons. The molecule has 0 amide bonds. The molecule has 1 nitrogen and oxygen atoms in total. The molecule has 17 heavy (non-hydrogen) atoms. The zero-order chi connectivity index (χ0) is 12.7. The second-order valence-corrected chi connectivity index (χ2v) is 5.01. The minimum atomic E-state index is 0.549. The SMILES string of the molecule is CCC(CS)COc1ccc(C(C)CC)cc1. The smallest absolute Gasteiger partial charge is 0.119 e. The summed E-state index contributed by atoms with van der Waals surface area (Å²) < 4.78 is 5.77. The predicted octanol–water partition coefficient (Wildman–Crippen LogP) is 4.53. The molecule has 1 aromatic rings. The van der Waals surface area contributed by atoms with Gasteiger partial charge in [-0.25, -0.2) is 0 Å². The van der Waals surface area contributed by atoms with Gasteiger partial charge in [-0.3, -0.25) is 0 Å². The number of benzene rings is 1. The molecule has 96 valence electrons. The minimum absolute atomic E-state index is 0.549. The van der Waals surface area contributed by atoms with E-state index >= 15 is 0 Å². The molecule has 2 unspecified atom stereocenters. The van der Waals surface area contributed by atoms with Gasteiger partial charge in [0.1, 0.15) is 5.75 Å². The highest BCUT2D eigenvalue weighted by Crippen LogP contribution is 2.22. The predicted molar refractivity (Wildman–Crippen MR) is 78.3 cm³/mol. The van der Waals surface area contributed by atoms with Gasteiger partial charge in [-0.1, -0.05) is 32.9 Å². The van der Waals surface area contributed by atoms with Gasteiger partial charge in [0, 0.05) is 5.92 Å². The molecule has 0 saturated heterocycles. The summed E-state index contributed by atoms with van der Waals surface area (Å²) in [5, 5.41) is 0. The summed E-state index contributed by atoms with van der Waals surface area (Å²) in [6.07, 6.45) is 2.30. The molecule has 1 aromatic carbocycles. The van der Waals surface area contributed by atoms with Crippen molar-refractivity contribution < 1.29 is 4.74 Å². The molecule has 0 bridgehead atoms. The van der Waals surface area contributed by atoms with Crippen LogP contribution in [0.4, 0.5) is 0 Å². The Morgan fingerprint density at radius 3 is 2.24 bits per heavy atom. The lowest BCUT2D eigenvalue weighted by atomic mass is 9.99. The first kappa shape index (κ1) is 14.4. The molecule has 1 rings (SSSR count). The summed E-state index contributed by atoms with van der Waals surface area (Å²) in [6.45, 7) is 7.41. The van der Waals surface area contributed by atoms with Gasteiger partial charge in [0.25, 0.3) is 0 Å². The Labute approximate surface area is 111 Å². The Morgan fingerprint density at radius 1 is 1.12 bits per heavy atom. The third-order valence-electron chi connectivity index (χ3n) is 3.38. The van der Waals surface area contributed by atoms with Crippen molar-refractivity contribution in [2.45, 2.75) is 39.5 Å². The van der Waals surface area contributed by atoms with E-state index in [4.69, 9.17) is 4.74 Å². The molecular weight excluding hydrogens is 228 g/mol. The van der Waals surface area contributed by atoms with Crippen molar-refractivity contribution in [3.63, 3.8) is 0 Å². The Balaban J connectivity index is 2.50. The van der Waals surface area contributed by atoms with Gasteiger partial charge in [-0.05, 0) is 42.2 Å². The highest BCUT2D eigenvalue weighted by atomic mass is 32.1. The van der Waals surface area contributed by atoms with Crippen LogP contribution in [0.25, 0.3) is 0 Å². The monoisotopic (exact) mass is 252 g/mol. The summed E-state index contributed by atoms with van der Waals surface area (Å²) in [6, 6.07) is 8.50. The quantitative estimate of drug-likeness (QED) is 0.701. The normalized spacial score (nSPS) is 14.4. The first-order valence-electron chi connectivity index (χ1n) is 6.54. The molecule has 0 aliphatic carbocycles. The van der Waals surface area contributed by atoms with E-state index in [2.05, 4.69) is 57.7 Å². The summed E-state index contributed by atoms with van der Waals surface area (Å²) in [5.74, 6) is 3.04. The van der Waals surface area contributed by atoms with Crippen molar-refractivity contribution in [1.82, 2.24) is 0 Å². The molecule has 0 aliphatic heterocycles. The molecule has 0 saturated carbocycles. The van der Waals surface area contributed by atoms with E-state index in [0.717, 1.165) is 24.5 Å². The molecule has 0 heterocycles. The fourth-order valence-electron chi connectivity index (χ4n) is 1.64. The van der Waals surface area contributed by atoms with Gasteiger partial charge >= 0.3 is 0 Å². The van der Waals surface area contributed by atoms with Crippen molar-refractivity contribution in [2.24, 2.45) is 5.92 Å². The van der Waals surface area contributed by atoms with Crippen LogP contribution >= 0.6 is 12.6 Å². The van der Waals surface area contributed by atoms with E-state index in [1.165, 1.54) is 12.0 Å². The summed E-state index contributed by atoms with van der Waals surface area (Å²) in [5.41, 5.74) is 1.39. The summed E-state index contributed by atoms with van der Waals surface area (Å²) in [7, 11) is 0. The van der Waals surface area contributed by atoms with Crippen LogP contribution in [0.2, 0.25) is 0 Å². The highest BCUT2D eigenvalue weighted by molar-refractivity contribution is 7.80. The number of ether oxygens (including phenoxy) is 1. The molecule has 0 aromatic heterocycles. The van der Waals surface area contributed by atoms with Crippen molar-refractivity contribution in [2.75, 3.05) is 12.4 Å². The lowest BCUT2D eigenvalue weighted by Crippen LogP contribution is -2.12. The Bertz CT molecular complexity index is 303. The third-order valence-corrected chi connectivity index (χ3v) is 3.90. The van der Waals surface area contributed by atoms with E-state index in [1.807, 2.05) is 0 Å². The molecule has 0 N–H and O–H groups in total. The maximum absolute atomic E-state index is 5.77. The molecule has 2 atom stereocenters. The maximum atomic E-state index is 5.77. The van der Waals surface area contributed by atoms with Crippen LogP contribution in [0.3, 0.4) is 0 Å². The van der Waals surface area contributed by atoms with Crippen molar-refractivity contribution in [3.05, 3.63) is 29.8 Å². The fraction of sp³-hybridized carbons (Fsp3) is 0.600. The number of hydrogen-bond donors (Lipinski definition) is 1. The van der Waals surface area contributed by atoms with Crippen LogP contribution in [-0.2, 0) is 0 Å². The molecule has 0 aliphatic rings. The zero-order valence-corrected chi connectivity index (χ0v) is 12.0. The second kappa shape index (κ2) is 7.65. The second-order valence-electron chi connectivity index (χ2n) is 4.65.